The third-order valence-electron chi connectivity index (χ3n) is 2.44. The first-order valence-electron chi connectivity index (χ1n) is 4.99. The smallest absolute Gasteiger partial charge is 0.119 e. The van der Waals surface area contributed by atoms with Crippen LogP contribution in [0, 0.1) is 0 Å². The fourth-order valence-corrected chi connectivity index (χ4v) is 2.48. The van der Waals surface area contributed by atoms with Crippen molar-refractivity contribution in [1.82, 2.24) is 4.98 Å². The summed E-state index contributed by atoms with van der Waals surface area (Å²) in [6.07, 6.45) is -0.301. The number of thioether (sulfide) groups is 1. The molecule has 88 valence electrons. The quantitative estimate of drug-likeness (QED) is 0.640. The number of aliphatic hydroxyl groups excluding tert-OH is 2. The van der Waals surface area contributed by atoms with E-state index in [-0.39, 0.29) is 12.7 Å². The van der Waals surface area contributed by atoms with Crippen LogP contribution >= 0.6 is 11.8 Å². The first kappa shape index (κ1) is 11.7. The van der Waals surface area contributed by atoms with Gasteiger partial charge in [0.05, 0.1) is 18.4 Å². The van der Waals surface area contributed by atoms with E-state index in [1.165, 1.54) is 11.8 Å². The van der Waals surface area contributed by atoms with Crippen LogP contribution in [0.5, 0.6) is 0 Å². The summed E-state index contributed by atoms with van der Waals surface area (Å²) in [5.74, 6) is 0.527. The summed E-state index contributed by atoms with van der Waals surface area (Å²) >= 11 is 1.42. The molecule has 5 nitrogen and oxygen atoms in total. The van der Waals surface area contributed by atoms with Crippen molar-refractivity contribution in [3.8, 4) is 0 Å². The van der Waals surface area contributed by atoms with E-state index in [1.807, 2.05) is 0 Å². The molecule has 0 amide bonds. The summed E-state index contributed by atoms with van der Waals surface area (Å²) in [6, 6.07) is 3.54. The molecule has 1 aromatic rings. The van der Waals surface area contributed by atoms with E-state index in [0.29, 0.717) is 11.4 Å². The predicted octanol–water partition coefficient (Wildman–Crippen LogP) is -0.124. The van der Waals surface area contributed by atoms with Crippen LogP contribution in [0.25, 0.3) is 0 Å². The van der Waals surface area contributed by atoms with Gasteiger partial charge in [0.25, 0.3) is 0 Å². The normalized spacial score (nSPS) is 29.5. The van der Waals surface area contributed by atoms with E-state index in [1.54, 1.807) is 18.3 Å². The number of hydrogen-bond donors (Lipinski definition) is 3. The molecule has 1 aliphatic rings. The summed E-state index contributed by atoms with van der Waals surface area (Å²) in [5, 5.41) is 19.6. The lowest BCUT2D eigenvalue weighted by molar-refractivity contribution is 0.0337. The van der Waals surface area contributed by atoms with Gasteiger partial charge in [-0.3, -0.25) is 0 Å². The van der Waals surface area contributed by atoms with Crippen molar-refractivity contribution < 1.29 is 14.9 Å². The molecule has 1 aliphatic heterocycles. The second-order valence-electron chi connectivity index (χ2n) is 3.64. The fraction of sp³-hybridized carbons (Fsp3) is 0.500. The van der Waals surface area contributed by atoms with E-state index in [0.717, 1.165) is 5.03 Å². The van der Waals surface area contributed by atoms with E-state index in [9.17, 15) is 10.2 Å². The van der Waals surface area contributed by atoms with E-state index in [4.69, 9.17) is 10.5 Å². The summed E-state index contributed by atoms with van der Waals surface area (Å²) in [4.78, 5) is 4.12. The Morgan fingerprint density at radius 3 is 3.00 bits per heavy atom. The molecule has 1 saturated heterocycles. The lowest BCUT2D eigenvalue weighted by atomic mass is 10.2. The Labute approximate surface area is 97.6 Å². The Morgan fingerprint density at radius 2 is 2.38 bits per heavy atom. The van der Waals surface area contributed by atoms with Crippen molar-refractivity contribution in [2.45, 2.75) is 23.3 Å². The summed E-state index contributed by atoms with van der Waals surface area (Å²) < 4.78 is 5.25. The third kappa shape index (κ3) is 2.46. The SMILES string of the molecule is Nc1cccnc1SCC1OCC(O)C1O. The number of nitrogens with zero attached hydrogens (tertiary/aromatic N) is 1. The van der Waals surface area contributed by atoms with Gasteiger partial charge in [0, 0.05) is 11.9 Å². The molecule has 0 bridgehead atoms. The lowest BCUT2D eigenvalue weighted by Crippen LogP contribution is -2.31. The zero-order valence-corrected chi connectivity index (χ0v) is 9.43. The van der Waals surface area contributed by atoms with Gasteiger partial charge < -0.3 is 20.7 Å². The van der Waals surface area contributed by atoms with Crippen molar-refractivity contribution in [1.29, 1.82) is 0 Å². The first-order valence-corrected chi connectivity index (χ1v) is 5.98. The molecular formula is C10H14N2O3S. The highest BCUT2D eigenvalue weighted by Crippen LogP contribution is 2.26. The number of pyridine rings is 1. The number of ether oxygens (including phenoxy) is 1. The molecule has 0 aliphatic carbocycles. The molecular weight excluding hydrogens is 228 g/mol. The minimum atomic E-state index is -0.822. The Hall–Kier alpha value is -0.820. The van der Waals surface area contributed by atoms with E-state index < -0.39 is 12.2 Å². The molecule has 3 atom stereocenters. The summed E-state index contributed by atoms with van der Waals surface area (Å²) in [6.45, 7) is 0.185. The van der Waals surface area contributed by atoms with Crippen LogP contribution in [0.4, 0.5) is 5.69 Å². The van der Waals surface area contributed by atoms with Crippen molar-refractivity contribution in [2.75, 3.05) is 18.1 Å². The zero-order valence-electron chi connectivity index (χ0n) is 8.61. The van der Waals surface area contributed by atoms with E-state index in [2.05, 4.69) is 4.98 Å². The minimum absolute atomic E-state index is 0.185. The predicted molar refractivity (Wildman–Crippen MR) is 61.1 cm³/mol. The molecule has 4 N–H and O–H groups in total. The summed E-state index contributed by atoms with van der Waals surface area (Å²) in [7, 11) is 0. The third-order valence-corrected chi connectivity index (χ3v) is 3.55. The highest BCUT2D eigenvalue weighted by molar-refractivity contribution is 7.99. The Bertz CT molecular complexity index is 364. The van der Waals surface area contributed by atoms with Gasteiger partial charge in [0.1, 0.15) is 17.2 Å². The topological polar surface area (TPSA) is 88.6 Å². The number of anilines is 1. The second kappa shape index (κ2) is 5.01. The monoisotopic (exact) mass is 242 g/mol. The average molecular weight is 242 g/mol. The molecule has 3 unspecified atom stereocenters. The van der Waals surface area contributed by atoms with Gasteiger partial charge in [-0.05, 0) is 12.1 Å². The summed E-state index contributed by atoms with van der Waals surface area (Å²) in [5.41, 5.74) is 6.34. The van der Waals surface area contributed by atoms with E-state index >= 15 is 0 Å². The highest BCUT2D eigenvalue weighted by atomic mass is 32.2. The number of hydrogen-bond acceptors (Lipinski definition) is 6. The van der Waals surface area contributed by atoms with Gasteiger partial charge in [-0.1, -0.05) is 0 Å². The maximum atomic E-state index is 9.56. The highest BCUT2D eigenvalue weighted by Gasteiger charge is 2.34. The first-order chi connectivity index (χ1) is 7.68. The number of nitrogen functional groups attached to an aromatic ring is 1. The van der Waals surface area contributed by atoms with Crippen molar-refractivity contribution >= 4 is 17.4 Å². The molecule has 0 aromatic carbocycles. The minimum Gasteiger partial charge on any atom is -0.397 e. The standard InChI is InChI=1S/C10H14N2O3S/c11-6-2-1-3-12-10(6)16-5-8-9(14)7(13)4-15-8/h1-3,7-9,13-14H,4-5,11H2. The number of aromatic nitrogens is 1. The maximum Gasteiger partial charge on any atom is 0.119 e. The molecule has 0 saturated carbocycles. The van der Waals surface area contributed by atoms with Crippen LogP contribution in [-0.4, -0.2) is 45.9 Å². The average Bonchev–Trinajstić information content (AvgIpc) is 2.59. The Kier molecular flexibility index (Phi) is 3.65. The molecule has 16 heavy (non-hydrogen) atoms. The van der Waals surface area contributed by atoms with Gasteiger partial charge in [0.2, 0.25) is 0 Å². The number of rotatable bonds is 3. The molecule has 1 fully saturated rings. The van der Waals surface area contributed by atoms with Crippen LogP contribution in [0.15, 0.2) is 23.4 Å². The fourth-order valence-electron chi connectivity index (χ4n) is 1.50. The van der Waals surface area contributed by atoms with Crippen LogP contribution in [0.2, 0.25) is 0 Å². The number of nitrogens with two attached hydrogens (primary N) is 1. The second-order valence-corrected chi connectivity index (χ2v) is 4.65. The van der Waals surface area contributed by atoms with Crippen LogP contribution in [0.3, 0.4) is 0 Å². The maximum absolute atomic E-state index is 9.56. The molecule has 0 radical (unpaired) electrons. The van der Waals surface area contributed by atoms with Crippen LogP contribution in [0.1, 0.15) is 0 Å². The van der Waals surface area contributed by atoms with Gasteiger partial charge in [0.15, 0.2) is 0 Å². The van der Waals surface area contributed by atoms with Gasteiger partial charge in [-0.15, -0.1) is 11.8 Å². The van der Waals surface area contributed by atoms with Crippen LogP contribution in [-0.2, 0) is 4.74 Å². The number of aliphatic hydroxyl groups is 2. The molecule has 2 heterocycles. The van der Waals surface area contributed by atoms with Gasteiger partial charge >= 0.3 is 0 Å². The van der Waals surface area contributed by atoms with Crippen molar-refractivity contribution in [3.63, 3.8) is 0 Å². The zero-order chi connectivity index (χ0) is 11.5. The molecule has 6 heteroatoms. The van der Waals surface area contributed by atoms with Gasteiger partial charge in [-0.2, -0.15) is 0 Å². The Balaban J connectivity index is 1.91. The van der Waals surface area contributed by atoms with Crippen molar-refractivity contribution in [3.05, 3.63) is 18.3 Å². The molecule has 1 aromatic heterocycles. The Morgan fingerprint density at radius 1 is 1.56 bits per heavy atom. The van der Waals surface area contributed by atoms with Crippen LogP contribution < -0.4 is 5.73 Å². The van der Waals surface area contributed by atoms with Gasteiger partial charge in [-0.25, -0.2) is 4.98 Å². The largest absolute Gasteiger partial charge is 0.397 e. The lowest BCUT2D eigenvalue weighted by Gasteiger charge is -2.14. The van der Waals surface area contributed by atoms with Crippen molar-refractivity contribution in [2.24, 2.45) is 0 Å². The molecule has 0 spiro atoms. The molecule has 2 rings (SSSR count).